The highest BCUT2D eigenvalue weighted by Gasteiger charge is 2.20. The number of rotatable bonds is 6. The summed E-state index contributed by atoms with van der Waals surface area (Å²) in [5.41, 5.74) is 2.19. The molecule has 0 saturated heterocycles. The van der Waals surface area contributed by atoms with Crippen molar-refractivity contribution in [3.8, 4) is 11.8 Å². The van der Waals surface area contributed by atoms with E-state index in [9.17, 15) is 9.90 Å². The lowest BCUT2D eigenvalue weighted by Crippen LogP contribution is -2.14. The van der Waals surface area contributed by atoms with Crippen LogP contribution in [0.2, 0.25) is 0 Å². The number of carboxylic acids is 1. The Morgan fingerprint density at radius 2 is 1.82 bits per heavy atom. The molecule has 0 aliphatic heterocycles. The molecule has 4 heteroatoms. The second-order valence-electron chi connectivity index (χ2n) is 4.91. The van der Waals surface area contributed by atoms with Crippen molar-refractivity contribution in [3.63, 3.8) is 0 Å². The molecule has 0 heterocycles. The Kier molecular flexibility index (Phi) is 5.16. The summed E-state index contributed by atoms with van der Waals surface area (Å²) in [5, 5.41) is 18.3. The average molecular weight is 295 g/mol. The number of carbonyl (C=O) groups is 1. The molecule has 0 radical (unpaired) electrons. The Morgan fingerprint density at radius 1 is 1.18 bits per heavy atom. The van der Waals surface area contributed by atoms with Crippen LogP contribution in [0.25, 0.3) is 0 Å². The van der Waals surface area contributed by atoms with Crippen LogP contribution < -0.4 is 4.74 Å². The molecule has 0 fully saturated rings. The van der Waals surface area contributed by atoms with Gasteiger partial charge >= 0.3 is 5.97 Å². The van der Waals surface area contributed by atoms with Crippen molar-refractivity contribution in [1.29, 1.82) is 5.26 Å². The number of nitrogens with zero attached hydrogens (tertiary/aromatic N) is 1. The van der Waals surface area contributed by atoms with E-state index in [1.807, 2.05) is 13.0 Å². The summed E-state index contributed by atoms with van der Waals surface area (Å²) in [6, 6.07) is 16.2. The van der Waals surface area contributed by atoms with Gasteiger partial charge in [-0.05, 0) is 48.7 Å². The largest absolute Gasteiger partial charge is 0.494 e. The van der Waals surface area contributed by atoms with Gasteiger partial charge in [0.25, 0.3) is 0 Å². The van der Waals surface area contributed by atoms with Crippen molar-refractivity contribution in [2.75, 3.05) is 6.61 Å². The molecule has 2 rings (SSSR count). The summed E-state index contributed by atoms with van der Waals surface area (Å²) in [5.74, 6) is -0.758. The summed E-state index contributed by atoms with van der Waals surface area (Å²) in [4.78, 5) is 11.6. The molecule has 4 nitrogen and oxygen atoms in total. The van der Waals surface area contributed by atoms with Gasteiger partial charge in [-0.1, -0.05) is 24.3 Å². The molecular formula is C18H17NO3. The maximum Gasteiger partial charge on any atom is 0.311 e. The maximum atomic E-state index is 11.6. The fraction of sp³-hybridized carbons (Fsp3) is 0.222. The number of hydrogen-bond acceptors (Lipinski definition) is 3. The Hall–Kier alpha value is -2.80. The van der Waals surface area contributed by atoms with Crippen LogP contribution in [0.4, 0.5) is 0 Å². The van der Waals surface area contributed by atoms with E-state index in [0.717, 1.165) is 16.9 Å². The van der Waals surface area contributed by atoms with E-state index in [4.69, 9.17) is 10.00 Å². The zero-order valence-electron chi connectivity index (χ0n) is 12.3. The lowest BCUT2D eigenvalue weighted by Gasteiger charge is -2.14. The first kappa shape index (κ1) is 15.6. The van der Waals surface area contributed by atoms with Gasteiger partial charge in [0, 0.05) is 0 Å². The molecule has 2 aromatic carbocycles. The lowest BCUT2D eigenvalue weighted by molar-refractivity contribution is -0.138. The third-order valence-electron chi connectivity index (χ3n) is 3.41. The monoisotopic (exact) mass is 295 g/mol. The van der Waals surface area contributed by atoms with Gasteiger partial charge in [0.05, 0.1) is 24.2 Å². The fourth-order valence-corrected chi connectivity index (χ4v) is 2.26. The van der Waals surface area contributed by atoms with Gasteiger partial charge in [-0.25, -0.2) is 0 Å². The third kappa shape index (κ3) is 3.86. The number of hydrogen-bond donors (Lipinski definition) is 1. The highest BCUT2D eigenvalue weighted by molar-refractivity contribution is 5.76. The molecule has 0 saturated carbocycles. The predicted octanol–water partition coefficient (Wildman–Crippen LogP) is 3.37. The molecule has 2 aromatic rings. The molecule has 0 aliphatic rings. The number of aliphatic carboxylic acids is 1. The molecule has 112 valence electrons. The van der Waals surface area contributed by atoms with Crippen molar-refractivity contribution in [1.82, 2.24) is 0 Å². The summed E-state index contributed by atoms with van der Waals surface area (Å²) in [7, 11) is 0. The molecule has 0 aliphatic carbocycles. The van der Waals surface area contributed by atoms with Crippen LogP contribution in [0, 0.1) is 11.3 Å². The summed E-state index contributed by atoms with van der Waals surface area (Å²) < 4.78 is 5.37. The van der Waals surface area contributed by atoms with Crippen molar-refractivity contribution in [2.45, 2.75) is 19.3 Å². The van der Waals surface area contributed by atoms with E-state index in [1.165, 1.54) is 0 Å². The van der Waals surface area contributed by atoms with Crippen LogP contribution in [0.3, 0.4) is 0 Å². The van der Waals surface area contributed by atoms with Crippen molar-refractivity contribution >= 4 is 5.97 Å². The molecule has 0 bridgehead atoms. The van der Waals surface area contributed by atoms with Gasteiger partial charge in [0.2, 0.25) is 0 Å². The highest BCUT2D eigenvalue weighted by atomic mass is 16.5. The second-order valence-corrected chi connectivity index (χ2v) is 4.91. The van der Waals surface area contributed by atoms with Crippen LogP contribution in [-0.2, 0) is 11.2 Å². The van der Waals surface area contributed by atoms with Gasteiger partial charge in [0.15, 0.2) is 0 Å². The average Bonchev–Trinajstić information content (AvgIpc) is 2.54. The predicted molar refractivity (Wildman–Crippen MR) is 82.8 cm³/mol. The smallest absolute Gasteiger partial charge is 0.311 e. The molecule has 1 N–H and O–H groups in total. The zero-order chi connectivity index (χ0) is 15.9. The molecule has 1 atom stereocenters. The molecule has 0 amide bonds. The van der Waals surface area contributed by atoms with E-state index >= 15 is 0 Å². The molecule has 22 heavy (non-hydrogen) atoms. The molecular weight excluding hydrogens is 278 g/mol. The minimum absolute atomic E-state index is 0.384. The third-order valence-corrected chi connectivity index (χ3v) is 3.41. The van der Waals surface area contributed by atoms with Gasteiger partial charge in [-0.2, -0.15) is 5.26 Å². The first-order chi connectivity index (χ1) is 10.6. The normalized spacial score (nSPS) is 11.5. The Labute approximate surface area is 129 Å². The number of benzene rings is 2. The first-order valence-electron chi connectivity index (χ1n) is 7.08. The number of nitriles is 1. The van der Waals surface area contributed by atoms with Crippen LogP contribution in [0.5, 0.6) is 5.75 Å². The quantitative estimate of drug-likeness (QED) is 0.887. The topological polar surface area (TPSA) is 70.3 Å². The zero-order valence-corrected chi connectivity index (χ0v) is 12.3. The van der Waals surface area contributed by atoms with Gasteiger partial charge in [-0.3, -0.25) is 4.79 Å². The maximum absolute atomic E-state index is 11.6. The second kappa shape index (κ2) is 7.28. The highest BCUT2D eigenvalue weighted by Crippen LogP contribution is 2.24. The summed E-state index contributed by atoms with van der Waals surface area (Å²) >= 11 is 0. The van der Waals surface area contributed by atoms with E-state index in [0.29, 0.717) is 18.6 Å². The van der Waals surface area contributed by atoms with E-state index in [1.54, 1.807) is 48.5 Å². The standard InChI is InChI=1S/C18H17NO3/c1-2-22-16-9-7-15(8-10-16)17(18(20)21)11-13-3-5-14(12-19)6-4-13/h3-10,17H,2,11H2,1H3,(H,20,21). The first-order valence-corrected chi connectivity index (χ1v) is 7.08. The Balaban J connectivity index is 2.18. The van der Waals surface area contributed by atoms with Gasteiger partial charge in [0.1, 0.15) is 5.75 Å². The van der Waals surface area contributed by atoms with Gasteiger partial charge in [-0.15, -0.1) is 0 Å². The Bertz CT molecular complexity index is 669. The van der Waals surface area contributed by atoms with Crippen LogP contribution in [-0.4, -0.2) is 17.7 Å². The summed E-state index contributed by atoms with van der Waals surface area (Å²) in [6.07, 6.45) is 0.384. The SMILES string of the molecule is CCOc1ccc(C(Cc2ccc(C#N)cc2)C(=O)O)cc1. The van der Waals surface area contributed by atoms with E-state index < -0.39 is 11.9 Å². The minimum atomic E-state index is -0.867. The van der Waals surface area contributed by atoms with Gasteiger partial charge < -0.3 is 9.84 Å². The van der Waals surface area contributed by atoms with E-state index in [-0.39, 0.29) is 0 Å². The molecule has 0 spiro atoms. The van der Waals surface area contributed by atoms with Crippen LogP contribution >= 0.6 is 0 Å². The van der Waals surface area contributed by atoms with Crippen molar-refractivity contribution < 1.29 is 14.6 Å². The molecule has 0 aromatic heterocycles. The minimum Gasteiger partial charge on any atom is -0.494 e. The number of carboxylic acid groups (broad SMARTS) is 1. The number of ether oxygens (including phenoxy) is 1. The lowest BCUT2D eigenvalue weighted by atomic mass is 9.92. The van der Waals surface area contributed by atoms with Crippen molar-refractivity contribution in [2.24, 2.45) is 0 Å². The van der Waals surface area contributed by atoms with Crippen LogP contribution in [0.15, 0.2) is 48.5 Å². The van der Waals surface area contributed by atoms with Crippen molar-refractivity contribution in [3.05, 3.63) is 65.2 Å². The van der Waals surface area contributed by atoms with E-state index in [2.05, 4.69) is 0 Å². The summed E-state index contributed by atoms with van der Waals surface area (Å²) in [6.45, 7) is 2.48. The fourth-order valence-electron chi connectivity index (χ4n) is 2.26. The molecule has 1 unspecified atom stereocenters. The van der Waals surface area contributed by atoms with Crippen LogP contribution in [0.1, 0.15) is 29.5 Å². The Morgan fingerprint density at radius 3 is 2.32 bits per heavy atom.